The Bertz CT molecular complexity index is 559. The van der Waals surface area contributed by atoms with Gasteiger partial charge in [-0.1, -0.05) is 12.1 Å². The maximum Gasteiger partial charge on any atom is 0.321 e. The number of nitrogens with one attached hydrogen (secondary N) is 3. The molecular weight excluding hydrogens is 276 g/mol. The highest BCUT2D eigenvalue weighted by Gasteiger charge is 2.17. The average molecular weight is 294 g/mol. The van der Waals surface area contributed by atoms with Crippen LogP contribution >= 0.6 is 0 Å². The average Bonchev–Trinajstić information content (AvgIpc) is 2.45. The predicted octanol–water partition coefficient (Wildman–Crippen LogP) is 0.837. The molecule has 8 heteroatoms. The number of nitro benzene ring substituents is 1. The van der Waals surface area contributed by atoms with Crippen LogP contribution in [0.5, 0.6) is 0 Å². The third-order valence-corrected chi connectivity index (χ3v) is 3.07. The number of benzene rings is 1. The number of urea groups is 1. The molecule has 3 amide bonds. The number of hydrogen-bond acceptors (Lipinski definition) is 5. The molecule has 8 nitrogen and oxygen atoms in total. The van der Waals surface area contributed by atoms with Gasteiger partial charge in [0.2, 0.25) is 5.91 Å². The molecule has 21 heavy (non-hydrogen) atoms. The summed E-state index contributed by atoms with van der Waals surface area (Å²) in [6.45, 7) is 3.55. The number of amides is 3. The summed E-state index contributed by atoms with van der Waals surface area (Å²) in [4.78, 5) is 33.1. The van der Waals surface area contributed by atoms with E-state index in [1.54, 1.807) is 26.0 Å². The summed E-state index contributed by atoms with van der Waals surface area (Å²) in [5.74, 6) is -0.475. The third kappa shape index (κ3) is 4.53. The second kappa shape index (κ2) is 7.34. The van der Waals surface area contributed by atoms with Gasteiger partial charge in [0, 0.05) is 25.2 Å². The number of nitro groups is 1. The van der Waals surface area contributed by atoms with E-state index < -0.39 is 22.9 Å². The van der Waals surface area contributed by atoms with Crippen molar-refractivity contribution in [1.82, 2.24) is 16.0 Å². The van der Waals surface area contributed by atoms with Crippen molar-refractivity contribution in [3.05, 3.63) is 39.4 Å². The van der Waals surface area contributed by atoms with Crippen molar-refractivity contribution in [2.24, 2.45) is 0 Å². The third-order valence-electron chi connectivity index (χ3n) is 3.07. The first-order chi connectivity index (χ1) is 9.86. The van der Waals surface area contributed by atoms with Crippen LogP contribution in [-0.2, 0) is 11.3 Å². The highest BCUT2D eigenvalue weighted by Crippen LogP contribution is 2.20. The molecule has 0 radical (unpaired) electrons. The molecule has 0 saturated carbocycles. The highest BCUT2D eigenvalue weighted by molar-refractivity contribution is 5.96. The molecule has 0 heterocycles. The minimum absolute atomic E-state index is 0.0387. The van der Waals surface area contributed by atoms with Gasteiger partial charge in [0.15, 0.2) is 0 Å². The molecule has 0 spiro atoms. The maximum atomic E-state index is 11.7. The molecule has 0 fully saturated rings. The van der Waals surface area contributed by atoms with Gasteiger partial charge in [-0.15, -0.1) is 0 Å². The van der Waals surface area contributed by atoms with E-state index in [9.17, 15) is 19.7 Å². The predicted molar refractivity (Wildman–Crippen MR) is 76.7 cm³/mol. The van der Waals surface area contributed by atoms with Gasteiger partial charge in [-0.05, 0) is 19.4 Å². The van der Waals surface area contributed by atoms with E-state index in [-0.39, 0.29) is 12.2 Å². The molecule has 1 aromatic carbocycles. The van der Waals surface area contributed by atoms with Crippen LogP contribution in [0.2, 0.25) is 0 Å². The lowest BCUT2D eigenvalue weighted by Crippen LogP contribution is -2.47. The summed E-state index contributed by atoms with van der Waals surface area (Å²) in [6.07, 6.45) is 0. The number of nitrogens with zero attached hydrogens (tertiary/aromatic N) is 1. The zero-order valence-electron chi connectivity index (χ0n) is 12.1. The summed E-state index contributed by atoms with van der Waals surface area (Å²) in [7, 11) is 1.41. The molecule has 0 saturated heterocycles. The van der Waals surface area contributed by atoms with Crippen LogP contribution in [0.25, 0.3) is 0 Å². The Morgan fingerprint density at radius 3 is 2.62 bits per heavy atom. The number of rotatable bonds is 5. The van der Waals surface area contributed by atoms with Crippen LogP contribution in [0.3, 0.4) is 0 Å². The lowest BCUT2D eigenvalue weighted by Gasteiger charge is -2.14. The number of hydrogen-bond donors (Lipinski definition) is 3. The lowest BCUT2D eigenvalue weighted by molar-refractivity contribution is -0.385. The molecule has 1 unspecified atom stereocenters. The van der Waals surface area contributed by atoms with Crippen molar-refractivity contribution < 1.29 is 14.5 Å². The monoisotopic (exact) mass is 294 g/mol. The van der Waals surface area contributed by atoms with Crippen LogP contribution in [0.4, 0.5) is 10.5 Å². The summed E-state index contributed by atoms with van der Waals surface area (Å²) in [5, 5.41) is 18.2. The maximum absolute atomic E-state index is 11.7. The minimum atomic E-state index is -0.610. The fourth-order valence-electron chi connectivity index (χ4n) is 1.70. The Kier molecular flexibility index (Phi) is 5.79. The standard InChI is InChI=1S/C13H18N4O4/c1-8-10(5-4-6-11(8)17(20)21)7-15-9(2)12(18)16-13(19)14-3/h4-6,9,15H,7H2,1-3H3,(H2,14,16,18,19). The Hall–Kier alpha value is -2.48. The summed E-state index contributed by atoms with van der Waals surface area (Å²) >= 11 is 0. The van der Waals surface area contributed by atoms with Crippen molar-refractivity contribution in [2.75, 3.05) is 7.05 Å². The molecule has 1 aromatic rings. The quantitative estimate of drug-likeness (QED) is 0.550. The minimum Gasteiger partial charge on any atom is -0.341 e. The largest absolute Gasteiger partial charge is 0.341 e. The van der Waals surface area contributed by atoms with E-state index in [0.717, 1.165) is 5.56 Å². The van der Waals surface area contributed by atoms with Crippen LogP contribution < -0.4 is 16.0 Å². The second-order valence-corrected chi connectivity index (χ2v) is 4.49. The van der Waals surface area contributed by atoms with Crippen molar-refractivity contribution in [2.45, 2.75) is 26.4 Å². The summed E-state index contributed by atoms with van der Waals surface area (Å²) < 4.78 is 0. The number of carbonyl (C=O) groups is 2. The topological polar surface area (TPSA) is 113 Å². The first kappa shape index (κ1) is 16.6. The van der Waals surface area contributed by atoms with Gasteiger partial charge < -0.3 is 10.6 Å². The van der Waals surface area contributed by atoms with Crippen molar-refractivity contribution >= 4 is 17.6 Å². The van der Waals surface area contributed by atoms with Gasteiger partial charge in [-0.2, -0.15) is 0 Å². The molecule has 3 N–H and O–H groups in total. The van der Waals surface area contributed by atoms with E-state index in [4.69, 9.17) is 0 Å². The summed E-state index contributed by atoms with van der Waals surface area (Å²) in [6, 6.07) is 3.58. The van der Waals surface area contributed by atoms with Crippen molar-refractivity contribution in [1.29, 1.82) is 0 Å². The normalized spacial score (nSPS) is 11.6. The summed E-state index contributed by atoms with van der Waals surface area (Å²) in [5.41, 5.74) is 1.31. The van der Waals surface area contributed by atoms with Crippen LogP contribution in [0.15, 0.2) is 18.2 Å². The van der Waals surface area contributed by atoms with Gasteiger partial charge in [0.25, 0.3) is 5.69 Å². The van der Waals surface area contributed by atoms with Gasteiger partial charge in [-0.3, -0.25) is 20.2 Å². The van der Waals surface area contributed by atoms with E-state index >= 15 is 0 Å². The Balaban J connectivity index is 2.67. The first-order valence-corrected chi connectivity index (χ1v) is 6.35. The fraction of sp³-hybridized carbons (Fsp3) is 0.385. The lowest BCUT2D eigenvalue weighted by atomic mass is 10.1. The van der Waals surface area contributed by atoms with Gasteiger partial charge in [0.1, 0.15) is 0 Å². The highest BCUT2D eigenvalue weighted by atomic mass is 16.6. The van der Waals surface area contributed by atoms with Crippen LogP contribution in [0, 0.1) is 17.0 Å². The molecule has 0 aromatic heterocycles. The molecule has 1 rings (SSSR count). The zero-order chi connectivity index (χ0) is 16.0. The fourth-order valence-corrected chi connectivity index (χ4v) is 1.70. The molecule has 0 aliphatic rings. The SMILES string of the molecule is CNC(=O)NC(=O)C(C)NCc1cccc([N+](=O)[O-])c1C. The van der Waals surface area contributed by atoms with Crippen LogP contribution in [0.1, 0.15) is 18.1 Å². The second-order valence-electron chi connectivity index (χ2n) is 4.49. The Morgan fingerprint density at radius 1 is 1.38 bits per heavy atom. The molecule has 0 aliphatic heterocycles. The molecule has 0 aliphatic carbocycles. The van der Waals surface area contributed by atoms with Crippen molar-refractivity contribution in [3.8, 4) is 0 Å². The Labute approximate surface area is 122 Å². The van der Waals surface area contributed by atoms with E-state index in [2.05, 4.69) is 16.0 Å². The van der Waals surface area contributed by atoms with E-state index in [1.165, 1.54) is 13.1 Å². The zero-order valence-corrected chi connectivity index (χ0v) is 12.1. The molecule has 1 atom stereocenters. The van der Waals surface area contributed by atoms with Crippen molar-refractivity contribution in [3.63, 3.8) is 0 Å². The first-order valence-electron chi connectivity index (χ1n) is 6.35. The molecular formula is C13H18N4O4. The Morgan fingerprint density at radius 2 is 2.05 bits per heavy atom. The van der Waals surface area contributed by atoms with Gasteiger partial charge >= 0.3 is 6.03 Å². The van der Waals surface area contributed by atoms with Gasteiger partial charge in [0.05, 0.1) is 11.0 Å². The molecule has 0 bridgehead atoms. The number of carbonyl (C=O) groups excluding carboxylic acids is 2. The van der Waals surface area contributed by atoms with E-state index in [0.29, 0.717) is 5.56 Å². The molecule has 114 valence electrons. The van der Waals surface area contributed by atoms with Gasteiger partial charge in [-0.25, -0.2) is 4.79 Å². The van der Waals surface area contributed by atoms with Crippen LogP contribution in [-0.4, -0.2) is 30.0 Å². The van der Waals surface area contributed by atoms with E-state index in [1.807, 2.05) is 0 Å². The smallest absolute Gasteiger partial charge is 0.321 e. The number of imide groups is 1.